The molecule has 0 aliphatic rings. The maximum atomic E-state index is 13.5. The first-order valence-electron chi connectivity index (χ1n) is 10.2. The topological polar surface area (TPSA) is 70.7 Å². The first kappa shape index (κ1) is 21.9. The van der Waals surface area contributed by atoms with E-state index in [0.29, 0.717) is 17.7 Å². The molecular weight excluding hydrogens is 390 g/mol. The maximum absolute atomic E-state index is 13.5. The number of aryl methyl sites for hydroxylation is 1. The first-order chi connectivity index (χ1) is 15.0. The van der Waals surface area contributed by atoms with Crippen LogP contribution in [0.3, 0.4) is 0 Å². The van der Waals surface area contributed by atoms with E-state index in [9.17, 15) is 9.59 Å². The third kappa shape index (κ3) is 5.63. The smallest absolute Gasteiger partial charge is 0.268 e. The normalized spacial score (nSPS) is 11.3. The zero-order valence-corrected chi connectivity index (χ0v) is 18.0. The Morgan fingerprint density at radius 3 is 2.29 bits per heavy atom. The molecule has 0 fully saturated rings. The van der Waals surface area contributed by atoms with Gasteiger partial charge in [0.1, 0.15) is 11.8 Å². The number of hydrogen-bond donors (Lipinski definition) is 2. The fraction of sp³-hybridized carbons (Fsp3) is 0.200. The summed E-state index contributed by atoms with van der Waals surface area (Å²) in [6.45, 7) is 4.21. The van der Waals surface area contributed by atoms with E-state index in [-0.39, 0.29) is 11.8 Å². The largest absolute Gasteiger partial charge is 0.497 e. The van der Waals surface area contributed by atoms with Crippen molar-refractivity contribution in [1.82, 2.24) is 10.3 Å². The number of likely N-dealkylation sites (N-methyl/N-ethyl adjacent to an activating group) is 1. The van der Waals surface area contributed by atoms with Gasteiger partial charge in [-0.2, -0.15) is 0 Å². The Labute approximate surface area is 182 Å². The summed E-state index contributed by atoms with van der Waals surface area (Å²) in [5.41, 5.74) is 6.08. The predicted octanol–water partition coefficient (Wildman–Crippen LogP) is 4.35. The lowest BCUT2D eigenvalue weighted by Gasteiger charge is -2.28. The van der Waals surface area contributed by atoms with Crippen LogP contribution >= 0.6 is 0 Å². The summed E-state index contributed by atoms with van der Waals surface area (Å²) < 4.78 is 5.18. The van der Waals surface area contributed by atoms with E-state index >= 15 is 0 Å². The number of nitrogens with one attached hydrogen (secondary N) is 2. The molecule has 0 bridgehead atoms. The van der Waals surface area contributed by atoms with Gasteiger partial charge in [0.25, 0.3) is 11.8 Å². The molecule has 0 aromatic heterocycles. The second kappa shape index (κ2) is 10.3. The summed E-state index contributed by atoms with van der Waals surface area (Å²) in [4.78, 5) is 26.4. The fourth-order valence-electron chi connectivity index (χ4n) is 3.20. The first-order valence-corrected chi connectivity index (χ1v) is 10.2. The second-order valence-electron chi connectivity index (χ2n) is 7.11. The monoisotopic (exact) mass is 417 g/mol. The third-order valence-corrected chi connectivity index (χ3v) is 4.87. The highest BCUT2D eigenvalue weighted by Gasteiger charge is 2.27. The van der Waals surface area contributed by atoms with Crippen LogP contribution in [0.1, 0.15) is 34.5 Å². The number of methoxy groups -OCH3 is 1. The van der Waals surface area contributed by atoms with Crippen molar-refractivity contribution in [3.8, 4) is 5.75 Å². The van der Waals surface area contributed by atoms with Crippen molar-refractivity contribution in [3.63, 3.8) is 0 Å². The average Bonchev–Trinajstić information content (AvgIpc) is 2.81. The Morgan fingerprint density at radius 1 is 0.968 bits per heavy atom. The quantitative estimate of drug-likeness (QED) is 0.535. The molecule has 0 saturated heterocycles. The number of carbonyl (C=O) groups is 2. The molecule has 0 aliphatic heterocycles. The van der Waals surface area contributed by atoms with E-state index in [1.54, 1.807) is 19.2 Å². The predicted molar refractivity (Wildman–Crippen MR) is 122 cm³/mol. The Hall–Kier alpha value is -3.80. The van der Waals surface area contributed by atoms with Crippen LogP contribution in [-0.2, 0) is 4.79 Å². The SMILES string of the molecule is CCN(Nc1ccc(OC)cc1)C(=O)C(NC(=O)c1cccc(C)c1)c1ccccc1. The third-order valence-electron chi connectivity index (χ3n) is 4.87. The van der Waals surface area contributed by atoms with E-state index in [4.69, 9.17) is 4.74 Å². The number of anilines is 1. The molecule has 0 radical (unpaired) electrons. The molecule has 2 N–H and O–H groups in total. The minimum atomic E-state index is -0.833. The van der Waals surface area contributed by atoms with Crippen molar-refractivity contribution in [2.24, 2.45) is 0 Å². The summed E-state index contributed by atoms with van der Waals surface area (Å²) in [6.07, 6.45) is 0. The average molecular weight is 418 g/mol. The molecule has 31 heavy (non-hydrogen) atoms. The van der Waals surface area contributed by atoms with Crippen molar-refractivity contribution in [2.75, 3.05) is 19.1 Å². The summed E-state index contributed by atoms with van der Waals surface area (Å²) >= 11 is 0. The Bertz CT molecular complexity index is 1020. The molecule has 160 valence electrons. The zero-order chi connectivity index (χ0) is 22.2. The molecule has 3 aromatic carbocycles. The highest BCUT2D eigenvalue weighted by molar-refractivity contribution is 5.98. The second-order valence-corrected chi connectivity index (χ2v) is 7.11. The van der Waals surface area contributed by atoms with Gasteiger partial charge in [-0.1, -0.05) is 48.0 Å². The number of benzene rings is 3. The molecular formula is C25H27N3O3. The molecule has 1 atom stereocenters. The molecule has 0 saturated carbocycles. The van der Waals surface area contributed by atoms with E-state index in [1.165, 1.54) is 5.01 Å². The number of ether oxygens (including phenoxy) is 1. The van der Waals surface area contributed by atoms with Gasteiger partial charge in [0, 0.05) is 12.1 Å². The fourth-order valence-corrected chi connectivity index (χ4v) is 3.20. The Balaban J connectivity index is 1.84. The number of nitrogens with zero attached hydrogens (tertiary/aromatic N) is 1. The van der Waals surface area contributed by atoms with Crippen LogP contribution < -0.4 is 15.5 Å². The minimum absolute atomic E-state index is 0.259. The number of hydrazine groups is 1. The Kier molecular flexibility index (Phi) is 7.27. The highest BCUT2D eigenvalue weighted by atomic mass is 16.5. The van der Waals surface area contributed by atoms with E-state index < -0.39 is 6.04 Å². The standard InChI is InChI=1S/C25H27N3O3/c1-4-28(27-21-13-15-22(31-3)16-14-21)25(30)23(19-10-6-5-7-11-19)26-24(29)20-12-8-9-18(2)17-20/h5-17,23,27H,4H2,1-3H3,(H,26,29). The number of carbonyl (C=O) groups excluding carboxylic acids is 2. The number of rotatable bonds is 8. The van der Waals surface area contributed by atoms with Crippen molar-refractivity contribution in [2.45, 2.75) is 19.9 Å². The van der Waals surface area contributed by atoms with Gasteiger partial charge in [-0.25, -0.2) is 0 Å². The lowest BCUT2D eigenvalue weighted by atomic mass is 10.0. The van der Waals surface area contributed by atoms with Gasteiger partial charge < -0.3 is 10.1 Å². The number of hydrogen-bond acceptors (Lipinski definition) is 4. The molecule has 0 spiro atoms. The highest BCUT2D eigenvalue weighted by Crippen LogP contribution is 2.20. The molecule has 3 aromatic rings. The van der Waals surface area contributed by atoms with Crippen LogP contribution in [0.4, 0.5) is 5.69 Å². The van der Waals surface area contributed by atoms with Gasteiger partial charge in [-0.05, 0) is 55.8 Å². The lowest BCUT2D eigenvalue weighted by molar-refractivity contribution is -0.131. The van der Waals surface area contributed by atoms with Gasteiger partial charge in [0.05, 0.1) is 12.8 Å². The van der Waals surface area contributed by atoms with Crippen LogP contribution in [0.25, 0.3) is 0 Å². The molecule has 1 unspecified atom stereocenters. The molecule has 6 nitrogen and oxygen atoms in total. The zero-order valence-electron chi connectivity index (χ0n) is 18.0. The van der Waals surface area contributed by atoms with Gasteiger partial charge in [-0.15, -0.1) is 0 Å². The van der Waals surface area contributed by atoms with Crippen molar-refractivity contribution < 1.29 is 14.3 Å². The lowest BCUT2D eigenvalue weighted by Crippen LogP contribution is -2.45. The van der Waals surface area contributed by atoms with Gasteiger partial charge in [0.15, 0.2) is 0 Å². The molecule has 6 heteroatoms. The van der Waals surface area contributed by atoms with Gasteiger partial charge in [-0.3, -0.25) is 20.0 Å². The minimum Gasteiger partial charge on any atom is -0.497 e. The number of amides is 2. The van der Waals surface area contributed by atoms with Crippen LogP contribution in [0, 0.1) is 6.92 Å². The van der Waals surface area contributed by atoms with Crippen LogP contribution in [0.15, 0.2) is 78.9 Å². The summed E-state index contributed by atoms with van der Waals surface area (Å²) in [5.74, 6) is 0.171. The van der Waals surface area contributed by atoms with Crippen molar-refractivity contribution in [1.29, 1.82) is 0 Å². The summed E-state index contributed by atoms with van der Waals surface area (Å²) in [7, 11) is 1.60. The molecule has 0 heterocycles. The summed E-state index contributed by atoms with van der Waals surface area (Å²) in [6, 6.07) is 23.0. The summed E-state index contributed by atoms with van der Waals surface area (Å²) in [5, 5.41) is 4.40. The molecule has 2 amide bonds. The van der Waals surface area contributed by atoms with Crippen molar-refractivity contribution in [3.05, 3.63) is 95.6 Å². The van der Waals surface area contributed by atoms with Crippen molar-refractivity contribution >= 4 is 17.5 Å². The molecule has 3 rings (SSSR count). The molecule has 0 aliphatic carbocycles. The van der Waals surface area contributed by atoms with Crippen LogP contribution in [0.5, 0.6) is 5.75 Å². The maximum Gasteiger partial charge on any atom is 0.268 e. The van der Waals surface area contributed by atoms with Gasteiger partial charge >= 0.3 is 0 Å². The van der Waals surface area contributed by atoms with Crippen LogP contribution in [-0.4, -0.2) is 30.5 Å². The van der Waals surface area contributed by atoms with Crippen LogP contribution in [0.2, 0.25) is 0 Å². The van der Waals surface area contributed by atoms with Gasteiger partial charge in [0.2, 0.25) is 0 Å². The van der Waals surface area contributed by atoms with E-state index in [1.807, 2.05) is 80.6 Å². The Morgan fingerprint density at radius 2 is 1.68 bits per heavy atom. The van der Waals surface area contributed by atoms with E-state index in [0.717, 1.165) is 17.0 Å². The van der Waals surface area contributed by atoms with E-state index in [2.05, 4.69) is 10.7 Å².